The Kier molecular flexibility index (Phi) is 6.11. The van der Waals surface area contributed by atoms with Gasteiger partial charge in [-0.25, -0.2) is 9.97 Å². The Bertz CT molecular complexity index is 1330. The number of nitrogens with one attached hydrogen (secondary N) is 2. The summed E-state index contributed by atoms with van der Waals surface area (Å²) in [5.74, 6) is -0.168. The molecule has 0 aliphatic heterocycles. The number of aryl methyl sites for hydroxylation is 1. The highest BCUT2D eigenvalue weighted by atomic mass is 32.2. The Morgan fingerprint density at radius 2 is 1.88 bits per heavy atom. The van der Waals surface area contributed by atoms with Crippen LogP contribution in [0.25, 0.3) is 21.3 Å². The summed E-state index contributed by atoms with van der Waals surface area (Å²) in [4.78, 5) is 35.0. The zero-order valence-corrected chi connectivity index (χ0v) is 19.6. The number of rotatable bonds is 7. The van der Waals surface area contributed by atoms with Crippen LogP contribution >= 0.6 is 23.1 Å². The number of benzene rings is 2. The molecular weight excluding hydrogens is 452 g/mol. The van der Waals surface area contributed by atoms with E-state index in [1.54, 1.807) is 29.5 Å². The number of thiophene rings is 1. The van der Waals surface area contributed by atoms with Crippen molar-refractivity contribution in [2.75, 3.05) is 11.1 Å². The van der Waals surface area contributed by atoms with E-state index in [1.807, 2.05) is 6.07 Å². The Labute approximate surface area is 199 Å². The van der Waals surface area contributed by atoms with Crippen LogP contribution < -0.4 is 10.6 Å². The summed E-state index contributed by atoms with van der Waals surface area (Å²) in [5.41, 5.74) is 4.37. The Hall–Kier alpha value is -3.23. The van der Waals surface area contributed by atoms with Gasteiger partial charge in [0.1, 0.15) is 16.2 Å². The summed E-state index contributed by atoms with van der Waals surface area (Å²) in [5, 5.41) is 9.68. The van der Waals surface area contributed by atoms with Crippen molar-refractivity contribution in [1.29, 1.82) is 0 Å². The van der Waals surface area contributed by atoms with Crippen molar-refractivity contribution >= 4 is 50.8 Å². The second-order valence-corrected chi connectivity index (χ2v) is 9.83. The molecule has 1 saturated carbocycles. The number of hydrogen-bond donors (Lipinski definition) is 2. The lowest BCUT2D eigenvalue weighted by Gasteiger charge is -2.11. The molecule has 0 radical (unpaired) electrons. The van der Waals surface area contributed by atoms with Crippen LogP contribution in [0.15, 0.2) is 65.3 Å². The number of amides is 2. The summed E-state index contributed by atoms with van der Waals surface area (Å²) in [6, 6.07) is 15.7. The van der Waals surface area contributed by atoms with E-state index in [-0.39, 0.29) is 23.6 Å². The highest BCUT2D eigenvalue weighted by Crippen LogP contribution is 2.38. The molecule has 2 amide bonds. The Morgan fingerprint density at radius 1 is 1.09 bits per heavy atom. The second-order valence-electron chi connectivity index (χ2n) is 8.00. The molecule has 33 heavy (non-hydrogen) atoms. The van der Waals surface area contributed by atoms with Gasteiger partial charge in [0.2, 0.25) is 5.91 Å². The molecule has 5 rings (SSSR count). The maximum Gasteiger partial charge on any atom is 0.253 e. The lowest BCUT2D eigenvalue weighted by Crippen LogP contribution is -2.27. The molecule has 0 atom stereocenters. The minimum atomic E-state index is -0.189. The molecule has 2 heterocycles. The maximum atomic E-state index is 12.8. The van der Waals surface area contributed by atoms with Gasteiger partial charge in [-0.3, -0.25) is 9.59 Å². The minimum absolute atomic E-state index is 0.153. The first kappa shape index (κ1) is 21.6. The third-order valence-electron chi connectivity index (χ3n) is 5.40. The van der Waals surface area contributed by atoms with Crippen molar-refractivity contribution in [1.82, 2.24) is 15.3 Å². The molecule has 0 unspecified atom stereocenters. The molecular formula is C25H22N4O2S2. The fourth-order valence-corrected chi connectivity index (χ4v) is 5.30. The number of fused-ring (bicyclic) bond motifs is 1. The van der Waals surface area contributed by atoms with Gasteiger partial charge in [0, 0.05) is 17.0 Å². The van der Waals surface area contributed by atoms with Crippen LogP contribution in [0.5, 0.6) is 0 Å². The zero-order chi connectivity index (χ0) is 22.8. The van der Waals surface area contributed by atoms with Crippen molar-refractivity contribution in [3.8, 4) is 11.1 Å². The van der Waals surface area contributed by atoms with Gasteiger partial charge in [0.05, 0.1) is 22.4 Å². The van der Waals surface area contributed by atoms with Gasteiger partial charge in [-0.15, -0.1) is 11.3 Å². The summed E-state index contributed by atoms with van der Waals surface area (Å²) in [6.45, 7) is 2.06. The topological polar surface area (TPSA) is 84.0 Å². The largest absolute Gasteiger partial charge is 0.349 e. The smallest absolute Gasteiger partial charge is 0.253 e. The summed E-state index contributed by atoms with van der Waals surface area (Å²) < 4.78 is 0. The Morgan fingerprint density at radius 3 is 2.67 bits per heavy atom. The molecule has 1 aliphatic carbocycles. The van der Waals surface area contributed by atoms with Crippen molar-refractivity contribution < 1.29 is 9.59 Å². The molecule has 2 aromatic heterocycles. The first-order valence-electron chi connectivity index (χ1n) is 10.7. The fourth-order valence-electron chi connectivity index (χ4n) is 3.50. The van der Waals surface area contributed by atoms with Crippen LogP contribution in [0.2, 0.25) is 0 Å². The predicted octanol–water partition coefficient (Wildman–Crippen LogP) is 5.29. The number of para-hydroxylation sites is 1. The van der Waals surface area contributed by atoms with Gasteiger partial charge in [-0.2, -0.15) is 0 Å². The Balaban J connectivity index is 1.32. The average molecular weight is 475 g/mol. The van der Waals surface area contributed by atoms with Gasteiger partial charge in [-0.05, 0) is 37.5 Å². The van der Waals surface area contributed by atoms with Gasteiger partial charge in [-0.1, -0.05) is 53.7 Å². The van der Waals surface area contributed by atoms with Crippen molar-refractivity contribution in [3.63, 3.8) is 0 Å². The van der Waals surface area contributed by atoms with Crippen LogP contribution in [0.3, 0.4) is 0 Å². The summed E-state index contributed by atoms with van der Waals surface area (Å²) >= 11 is 2.94. The monoisotopic (exact) mass is 474 g/mol. The van der Waals surface area contributed by atoms with E-state index in [0.29, 0.717) is 11.3 Å². The molecule has 6 nitrogen and oxygen atoms in total. The number of nitrogens with zero attached hydrogens (tertiary/aromatic N) is 2. The van der Waals surface area contributed by atoms with Crippen LogP contribution in [0, 0.1) is 6.92 Å². The number of carbonyl (C=O) groups is 2. The maximum absolute atomic E-state index is 12.8. The van der Waals surface area contributed by atoms with E-state index >= 15 is 0 Å². The number of aromatic nitrogens is 2. The molecule has 2 N–H and O–H groups in total. The molecule has 2 aromatic carbocycles. The van der Waals surface area contributed by atoms with Crippen LogP contribution in [-0.4, -0.2) is 33.6 Å². The molecule has 4 aromatic rings. The van der Waals surface area contributed by atoms with Gasteiger partial charge >= 0.3 is 0 Å². The standard InChI is InChI=1S/C25H22N4O2S2/c1-15-6-8-16(9-7-15)19-12-32-24-22(19)25(27-14-26-24)33-13-21(30)29-20-5-3-2-4-18(20)23(31)28-17-10-11-17/h2-9,12,14,17H,10-11,13H2,1H3,(H,28,31)(H,29,30). The fraction of sp³-hybridized carbons (Fsp3) is 0.200. The molecule has 166 valence electrons. The highest BCUT2D eigenvalue weighted by molar-refractivity contribution is 8.00. The summed E-state index contributed by atoms with van der Waals surface area (Å²) in [6.07, 6.45) is 3.56. The lowest BCUT2D eigenvalue weighted by atomic mass is 10.1. The van der Waals surface area contributed by atoms with Crippen LogP contribution in [0.4, 0.5) is 5.69 Å². The van der Waals surface area contributed by atoms with Gasteiger partial charge in [0.15, 0.2) is 0 Å². The number of anilines is 1. The van der Waals surface area contributed by atoms with E-state index in [2.05, 4.69) is 57.2 Å². The van der Waals surface area contributed by atoms with E-state index in [4.69, 9.17) is 0 Å². The lowest BCUT2D eigenvalue weighted by molar-refractivity contribution is -0.113. The van der Waals surface area contributed by atoms with Crippen molar-refractivity contribution in [3.05, 3.63) is 71.4 Å². The average Bonchev–Trinajstić information content (AvgIpc) is 3.53. The third-order valence-corrected chi connectivity index (χ3v) is 7.27. The van der Waals surface area contributed by atoms with Crippen molar-refractivity contribution in [2.24, 2.45) is 0 Å². The van der Waals surface area contributed by atoms with Crippen LogP contribution in [-0.2, 0) is 4.79 Å². The number of thioether (sulfide) groups is 1. The molecule has 0 spiro atoms. The van der Waals surface area contributed by atoms with E-state index in [1.165, 1.54) is 23.7 Å². The number of carbonyl (C=O) groups excluding carboxylic acids is 2. The number of hydrogen-bond acceptors (Lipinski definition) is 6. The second kappa shape index (κ2) is 9.33. The minimum Gasteiger partial charge on any atom is -0.349 e. The quantitative estimate of drug-likeness (QED) is 0.281. The first-order valence-corrected chi connectivity index (χ1v) is 12.6. The predicted molar refractivity (Wildman–Crippen MR) is 134 cm³/mol. The molecule has 1 aliphatic rings. The van der Waals surface area contributed by atoms with Crippen molar-refractivity contribution in [2.45, 2.75) is 30.8 Å². The third kappa shape index (κ3) is 4.91. The molecule has 1 fully saturated rings. The highest BCUT2D eigenvalue weighted by Gasteiger charge is 2.25. The zero-order valence-electron chi connectivity index (χ0n) is 18.0. The first-order chi connectivity index (χ1) is 16.1. The van der Waals surface area contributed by atoms with E-state index < -0.39 is 0 Å². The summed E-state index contributed by atoms with van der Waals surface area (Å²) in [7, 11) is 0. The molecule has 0 bridgehead atoms. The normalized spacial score (nSPS) is 13.1. The molecule has 0 saturated heterocycles. The van der Waals surface area contributed by atoms with Gasteiger partial charge < -0.3 is 10.6 Å². The molecule has 8 heteroatoms. The van der Waals surface area contributed by atoms with Gasteiger partial charge in [0.25, 0.3) is 5.91 Å². The SMILES string of the molecule is Cc1ccc(-c2csc3ncnc(SCC(=O)Nc4ccccc4C(=O)NC4CC4)c23)cc1. The van der Waals surface area contributed by atoms with E-state index in [9.17, 15) is 9.59 Å². The van der Waals surface area contributed by atoms with E-state index in [0.717, 1.165) is 39.2 Å². The van der Waals surface area contributed by atoms with Crippen LogP contribution in [0.1, 0.15) is 28.8 Å².